The summed E-state index contributed by atoms with van der Waals surface area (Å²) in [5.74, 6) is -0.189. The molecule has 110 valence electrons. The van der Waals surface area contributed by atoms with Gasteiger partial charge in [0.25, 0.3) is 0 Å². The third kappa shape index (κ3) is 7.36. The highest BCUT2D eigenvalue weighted by Gasteiger charge is 2.30. The van der Waals surface area contributed by atoms with Crippen molar-refractivity contribution in [3.8, 4) is 0 Å². The average molecular weight is 282 g/mol. The number of ether oxygens (including phenoxy) is 1. The summed E-state index contributed by atoms with van der Waals surface area (Å²) in [6, 6.07) is 2.54. The van der Waals surface area contributed by atoms with Crippen LogP contribution in [-0.4, -0.2) is 20.7 Å². The second-order valence-electron chi connectivity index (χ2n) is 5.73. The monoisotopic (exact) mass is 282 g/mol. The van der Waals surface area contributed by atoms with Crippen molar-refractivity contribution in [3.63, 3.8) is 0 Å². The van der Waals surface area contributed by atoms with E-state index < -0.39 is 8.07 Å². The first-order valence-electron chi connectivity index (χ1n) is 7.33. The Balaban J connectivity index is 5.07. The van der Waals surface area contributed by atoms with Crippen LogP contribution in [0, 0.1) is 0 Å². The molecule has 0 radical (unpaired) electrons. The number of allylic oxidation sites excluding steroid dienone is 2. The van der Waals surface area contributed by atoms with Gasteiger partial charge in [0.05, 0.1) is 8.07 Å². The number of hydrogen-bond acceptors (Lipinski definition) is 2. The Hall–Kier alpha value is -0.833. The van der Waals surface area contributed by atoms with E-state index in [0.717, 1.165) is 12.0 Å². The molecule has 0 saturated carbocycles. The first kappa shape index (κ1) is 18.2. The lowest BCUT2D eigenvalue weighted by Gasteiger charge is -2.30. The molecule has 0 aliphatic carbocycles. The summed E-state index contributed by atoms with van der Waals surface area (Å²) in [5.41, 5.74) is 1.16. The summed E-state index contributed by atoms with van der Waals surface area (Å²) in [6.07, 6.45) is 5.57. The largest absolute Gasteiger partial charge is 0.462 e. The Morgan fingerprint density at radius 3 is 2.11 bits per heavy atom. The van der Waals surface area contributed by atoms with Crippen LogP contribution in [0.15, 0.2) is 23.4 Å². The highest BCUT2D eigenvalue weighted by atomic mass is 28.3. The molecule has 19 heavy (non-hydrogen) atoms. The quantitative estimate of drug-likeness (QED) is 0.342. The number of hydrogen-bond donors (Lipinski definition) is 0. The van der Waals surface area contributed by atoms with E-state index >= 15 is 0 Å². The number of carbonyl (C=O) groups excluding carboxylic acids is 1. The molecule has 0 rings (SSSR count). The first-order chi connectivity index (χ1) is 8.85. The molecule has 2 nitrogen and oxygen atoms in total. The van der Waals surface area contributed by atoms with Gasteiger partial charge in [-0.15, -0.1) is 0 Å². The van der Waals surface area contributed by atoms with Gasteiger partial charge in [-0.1, -0.05) is 63.6 Å². The van der Waals surface area contributed by atoms with Crippen molar-refractivity contribution in [3.05, 3.63) is 23.4 Å². The molecule has 0 aromatic rings. The van der Waals surface area contributed by atoms with Crippen molar-refractivity contribution >= 4 is 14.0 Å². The molecule has 3 heteroatoms. The van der Waals surface area contributed by atoms with Crippen LogP contribution >= 0.6 is 0 Å². The predicted octanol–water partition coefficient (Wildman–Crippen LogP) is 4.88. The van der Waals surface area contributed by atoms with Gasteiger partial charge in [0.2, 0.25) is 0 Å². The van der Waals surface area contributed by atoms with Gasteiger partial charge in [0.1, 0.15) is 6.61 Å². The average Bonchev–Trinajstić information content (AvgIpc) is 2.28. The van der Waals surface area contributed by atoms with Crippen LogP contribution in [0.5, 0.6) is 0 Å². The third-order valence-corrected chi connectivity index (χ3v) is 8.61. The Bertz CT molecular complexity index is 326. The van der Waals surface area contributed by atoms with Crippen molar-refractivity contribution in [2.75, 3.05) is 6.61 Å². The van der Waals surface area contributed by atoms with E-state index in [4.69, 9.17) is 4.74 Å². The summed E-state index contributed by atoms with van der Waals surface area (Å²) >= 11 is 0. The van der Waals surface area contributed by atoms with E-state index in [2.05, 4.69) is 33.0 Å². The third-order valence-electron chi connectivity index (χ3n) is 3.51. The van der Waals surface area contributed by atoms with E-state index in [1.165, 1.54) is 37.0 Å². The molecule has 0 spiro atoms. The highest BCUT2D eigenvalue weighted by molar-refractivity contribution is 6.85. The molecule has 0 unspecified atom stereocenters. The summed E-state index contributed by atoms with van der Waals surface area (Å²) in [7, 11) is -1.47. The minimum Gasteiger partial charge on any atom is -0.462 e. The van der Waals surface area contributed by atoms with Gasteiger partial charge in [0.15, 0.2) is 0 Å². The molecule has 0 bridgehead atoms. The van der Waals surface area contributed by atoms with Crippen LogP contribution in [0.25, 0.3) is 0 Å². The lowest BCUT2D eigenvalue weighted by atomic mass is 10.2. The fraction of sp³-hybridized carbons (Fsp3) is 0.688. The van der Waals surface area contributed by atoms with Gasteiger partial charge < -0.3 is 4.74 Å². The lowest BCUT2D eigenvalue weighted by molar-refractivity contribution is -0.139. The minimum atomic E-state index is -1.47. The zero-order valence-corrected chi connectivity index (χ0v) is 14.3. The van der Waals surface area contributed by atoms with Crippen LogP contribution in [-0.2, 0) is 9.53 Å². The molecule has 0 aliphatic heterocycles. The molecule has 0 aliphatic rings. The van der Waals surface area contributed by atoms with Crippen molar-refractivity contribution in [1.82, 2.24) is 0 Å². The van der Waals surface area contributed by atoms with Crippen LogP contribution < -0.4 is 0 Å². The van der Waals surface area contributed by atoms with Gasteiger partial charge >= 0.3 is 5.97 Å². The molecular formula is C16H30O2Si. The zero-order valence-electron chi connectivity index (χ0n) is 13.3. The molecule has 0 aromatic heterocycles. The van der Waals surface area contributed by atoms with Crippen molar-refractivity contribution < 1.29 is 9.53 Å². The first-order valence-corrected chi connectivity index (χ1v) is 10.2. The van der Waals surface area contributed by atoms with Crippen LogP contribution in [0.1, 0.15) is 47.0 Å². The predicted molar refractivity (Wildman–Crippen MR) is 86.0 cm³/mol. The fourth-order valence-electron chi connectivity index (χ4n) is 2.51. The van der Waals surface area contributed by atoms with E-state index in [0.29, 0.717) is 6.61 Å². The topological polar surface area (TPSA) is 26.3 Å². The molecule has 0 heterocycles. The van der Waals surface area contributed by atoms with Crippen LogP contribution in [0.4, 0.5) is 0 Å². The fourth-order valence-corrected chi connectivity index (χ4v) is 6.62. The van der Waals surface area contributed by atoms with Crippen LogP contribution in [0.3, 0.4) is 0 Å². The maximum atomic E-state index is 11.1. The molecule has 0 saturated heterocycles. The zero-order chi connectivity index (χ0) is 14.9. The standard InChI is InChI=1S/C16H30O2Si/c1-7-11-19(6,12-8-2)16(10-9-14(3)4)13-18-15(5)17/h10H,3,7-9,11-13H2,1-2,4-6H3. The summed E-state index contributed by atoms with van der Waals surface area (Å²) in [4.78, 5) is 11.1. The van der Waals surface area contributed by atoms with Crippen LogP contribution in [0.2, 0.25) is 18.6 Å². The summed E-state index contributed by atoms with van der Waals surface area (Å²) in [6.45, 7) is 14.9. The van der Waals surface area contributed by atoms with Gasteiger partial charge in [-0.25, -0.2) is 0 Å². The molecule has 0 atom stereocenters. The van der Waals surface area contributed by atoms with E-state index in [1.54, 1.807) is 0 Å². The summed E-state index contributed by atoms with van der Waals surface area (Å²) < 4.78 is 5.27. The lowest BCUT2D eigenvalue weighted by Crippen LogP contribution is -2.35. The molecule has 0 amide bonds. The Morgan fingerprint density at radius 2 is 1.74 bits per heavy atom. The second-order valence-corrected chi connectivity index (χ2v) is 10.5. The van der Waals surface area contributed by atoms with E-state index in [1.807, 2.05) is 6.92 Å². The maximum absolute atomic E-state index is 11.1. The molecule has 0 aromatic carbocycles. The van der Waals surface area contributed by atoms with E-state index in [9.17, 15) is 4.79 Å². The van der Waals surface area contributed by atoms with Gasteiger partial charge in [-0.3, -0.25) is 4.79 Å². The Morgan fingerprint density at radius 1 is 1.21 bits per heavy atom. The number of rotatable bonds is 9. The summed E-state index contributed by atoms with van der Waals surface area (Å²) in [5, 5.41) is 1.38. The SMILES string of the molecule is C=C(C)CC=C(COC(C)=O)[Si](C)(CCC)CCC. The number of esters is 1. The molecule has 0 N–H and O–H groups in total. The second kappa shape index (κ2) is 9.13. The maximum Gasteiger partial charge on any atom is 0.302 e. The van der Waals surface area contributed by atoms with Crippen molar-refractivity contribution in [2.24, 2.45) is 0 Å². The normalized spacial score (nSPS) is 12.4. The smallest absolute Gasteiger partial charge is 0.302 e. The minimum absolute atomic E-state index is 0.189. The van der Waals surface area contributed by atoms with Gasteiger partial charge in [0, 0.05) is 6.92 Å². The van der Waals surface area contributed by atoms with Crippen molar-refractivity contribution in [1.29, 1.82) is 0 Å². The Kier molecular flexibility index (Phi) is 8.73. The van der Waals surface area contributed by atoms with Crippen molar-refractivity contribution in [2.45, 2.75) is 65.6 Å². The highest BCUT2D eigenvalue weighted by Crippen LogP contribution is 2.28. The molecule has 0 fully saturated rings. The Labute approximate surface area is 119 Å². The van der Waals surface area contributed by atoms with Gasteiger partial charge in [-0.05, 0) is 18.5 Å². The van der Waals surface area contributed by atoms with E-state index in [-0.39, 0.29) is 5.97 Å². The molecular weight excluding hydrogens is 252 g/mol. The van der Waals surface area contributed by atoms with Gasteiger partial charge in [-0.2, -0.15) is 0 Å². The number of carbonyl (C=O) groups is 1.